The molecule has 2 aromatic rings. The van der Waals surface area contributed by atoms with Crippen LogP contribution in [0, 0.1) is 0 Å². The second kappa shape index (κ2) is 5.92. The molecule has 0 fully saturated rings. The Morgan fingerprint density at radius 2 is 2.14 bits per heavy atom. The largest absolute Gasteiger partial charge is 0.493 e. The maximum atomic E-state index is 6.00. The molecule has 0 aliphatic carbocycles. The summed E-state index contributed by atoms with van der Waals surface area (Å²) in [6.45, 7) is 5.05. The molecule has 0 radical (unpaired) electrons. The van der Waals surface area contributed by atoms with Gasteiger partial charge in [-0.15, -0.1) is 6.58 Å². The molecular formula is C18H19NO2. The van der Waals surface area contributed by atoms with Gasteiger partial charge in [0.2, 0.25) is 0 Å². The first-order valence-electron chi connectivity index (χ1n) is 7.11. The number of rotatable bonds is 5. The van der Waals surface area contributed by atoms with Gasteiger partial charge < -0.3 is 15.2 Å². The van der Waals surface area contributed by atoms with Crippen molar-refractivity contribution in [3.63, 3.8) is 0 Å². The minimum Gasteiger partial charge on any atom is -0.493 e. The SMILES string of the molecule is C=CCc1cc(N)ccc1OCC1COc2ccccc21. The van der Waals surface area contributed by atoms with E-state index in [9.17, 15) is 0 Å². The lowest BCUT2D eigenvalue weighted by atomic mass is 10.0. The van der Waals surface area contributed by atoms with Crippen LogP contribution < -0.4 is 15.2 Å². The van der Waals surface area contributed by atoms with Crippen molar-refractivity contribution in [2.24, 2.45) is 0 Å². The second-order valence-electron chi connectivity index (χ2n) is 5.22. The predicted octanol–water partition coefficient (Wildman–Crippen LogP) is 3.55. The monoisotopic (exact) mass is 281 g/mol. The highest BCUT2D eigenvalue weighted by Gasteiger charge is 2.24. The van der Waals surface area contributed by atoms with Gasteiger partial charge in [-0.3, -0.25) is 0 Å². The van der Waals surface area contributed by atoms with Crippen LogP contribution in [-0.2, 0) is 6.42 Å². The topological polar surface area (TPSA) is 44.5 Å². The number of nitrogen functional groups attached to an aromatic ring is 1. The molecule has 1 heterocycles. The van der Waals surface area contributed by atoms with E-state index < -0.39 is 0 Å². The summed E-state index contributed by atoms with van der Waals surface area (Å²) in [4.78, 5) is 0. The Balaban J connectivity index is 1.73. The Labute approximate surface area is 125 Å². The summed E-state index contributed by atoms with van der Waals surface area (Å²) in [6.07, 6.45) is 2.60. The Morgan fingerprint density at radius 3 is 3.00 bits per heavy atom. The lowest BCUT2D eigenvalue weighted by molar-refractivity contribution is 0.247. The highest BCUT2D eigenvalue weighted by atomic mass is 16.5. The smallest absolute Gasteiger partial charge is 0.123 e. The Kier molecular flexibility index (Phi) is 3.82. The molecule has 3 nitrogen and oxygen atoms in total. The first-order valence-corrected chi connectivity index (χ1v) is 7.11. The molecule has 3 heteroatoms. The third-order valence-electron chi connectivity index (χ3n) is 3.69. The van der Waals surface area contributed by atoms with Crippen LogP contribution in [0.4, 0.5) is 5.69 Å². The van der Waals surface area contributed by atoms with Crippen LogP contribution in [0.25, 0.3) is 0 Å². The van der Waals surface area contributed by atoms with Crippen LogP contribution in [-0.4, -0.2) is 13.2 Å². The van der Waals surface area contributed by atoms with Gasteiger partial charge in [-0.05, 0) is 36.2 Å². The summed E-state index contributed by atoms with van der Waals surface area (Å²) >= 11 is 0. The molecular weight excluding hydrogens is 262 g/mol. The number of para-hydroxylation sites is 1. The molecule has 3 rings (SSSR count). The van der Waals surface area contributed by atoms with Crippen LogP contribution in [0.15, 0.2) is 55.1 Å². The van der Waals surface area contributed by atoms with E-state index in [0.29, 0.717) is 13.2 Å². The zero-order valence-electron chi connectivity index (χ0n) is 11.9. The fraction of sp³-hybridized carbons (Fsp3) is 0.222. The Hall–Kier alpha value is -2.42. The average Bonchev–Trinajstić information content (AvgIpc) is 2.90. The van der Waals surface area contributed by atoms with Crippen LogP contribution in [0.5, 0.6) is 11.5 Å². The van der Waals surface area contributed by atoms with Crippen molar-refractivity contribution in [3.05, 3.63) is 66.2 Å². The van der Waals surface area contributed by atoms with Gasteiger partial charge in [0.25, 0.3) is 0 Å². The molecule has 0 bridgehead atoms. The number of nitrogens with two attached hydrogens (primary N) is 1. The summed E-state index contributed by atoms with van der Waals surface area (Å²) in [6, 6.07) is 13.9. The van der Waals surface area contributed by atoms with E-state index in [1.807, 2.05) is 42.5 Å². The van der Waals surface area contributed by atoms with Gasteiger partial charge in [-0.25, -0.2) is 0 Å². The van der Waals surface area contributed by atoms with Crippen LogP contribution >= 0.6 is 0 Å². The maximum Gasteiger partial charge on any atom is 0.123 e. The average molecular weight is 281 g/mol. The number of allylic oxidation sites excluding steroid dienone is 1. The number of hydrogen-bond acceptors (Lipinski definition) is 3. The molecule has 1 atom stereocenters. The third kappa shape index (κ3) is 2.87. The molecule has 1 unspecified atom stereocenters. The van der Waals surface area contributed by atoms with E-state index in [-0.39, 0.29) is 5.92 Å². The first-order chi connectivity index (χ1) is 10.3. The van der Waals surface area contributed by atoms with Crippen molar-refractivity contribution < 1.29 is 9.47 Å². The highest BCUT2D eigenvalue weighted by Crippen LogP contribution is 2.34. The third-order valence-corrected chi connectivity index (χ3v) is 3.69. The molecule has 21 heavy (non-hydrogen) atoms. The highest BCUT2D eigenvalue weighted by molar-refractivity contribution is 5.48. The second-order valence-corrected chi connectivity index (χ2v) is 5.22. The predicted molar refractivity (Wildman–Crippen MR) is 84.9 cm³/mol. The standard InChI is InChI=1S/C18H19NO2/c1-2-5-13-10-15(19)8-9-17(13)20-11-14-12-21-18-7-4-3-6-16(14)18/h2-4,6-10,14H,1,5,11-12,19H2. The molecule has 108 valence electrons. The van der Waals surface area contributed by atoms with E-state index in [1.165, 1.54) is 5.56 Å². The molecule has 0 amide bonds. The number of ether oxygens (including phenoxy) is 2. The van der Waals surface area contributed by atoms with Gasteiger partial charge >= 0.3 is 0 Å². The number of hydrogen-bond donors (Lipinski definition) is 1. The van der Waals surface area contributed by atoms with Crippen molar-refractivity contribution in [1.82, 2.24) is 0 Å². The summed E-state index contributed by atoms with van der Waals surface area (Å²) < 4.78 is 11.7. The van der Waals surface area contributed by atoms with Gasteiger partial charge in [-0.1, -0.05) is 24.3 Å². The molecule has 1 aliphatic rings. The molecule has 2 N–H and O–H groups in total. The first kappa shape index (κ1) is 13.6. The van der Waals surface area contributed by atoms with E-state index in [1.54, 1.807) is 0 Å². The fourth-order valence-corrected chi connectivity index (χ4v) is 2.61. The molecule has 1 aliphatic heterocycles. The van der Waals surface area contributed by atoms with Gasteiger partial charge in [0.1, 0.15) is 11.5 Å². The minimum atomic E-state index is 0.273. The van der Waals surface area contributed by atoms with Crippen molar-refractivity contribution in [2.75, 3.05) is 18.9 Å². The maximum absolute atomic E-state index is 6.00. The number of benzene rings is 2. The van der Waals surface area contributed by atoms with Crippen LogP contribution in [0.2, 0.25) is 0 Å². The summed E-state index contributed by atoms with van der Waals surface area (Å²) in [5.74, 6) is 2.11. The van der Waals surface area contributed by atoms with Gasteiger partial charge in [-0.2, -0.15) is 0 Å². The van der Waals surface area contributed by atoms with E-state index in [0.717, 1.165) is 29.2 Å². The Morgan fingerprint density at radius 1 is 1.29 bits per heavy atom. The minimum absolute atomic E-state index is 0.273. The number of anilines is 1. The van der Waals surface area contributed by atoms with E-state index in [4.69, 9.17) is 15.2 Å². The van der Waals surface area contributed by atoms with Crippen molar-refractivity contribution in [1.29, 1.82) is 0 Å². The quantitative estimate of drug-likeness (QED) is 0.673. The molecule has 0 saturated heterocycles. The fourth-order valence-electron chi connectivity index (χ4n) is 2.61. The lowest BCUT2D eigenvalue weighted by Crippen LogP contribution is -2.12. The van der Waals surface area contributed by atoms with E-state index in [2.05, 4.69) is 12.6 Å². The lowest BCUT2D eigenvalue weighted by Gasteiger charge is -2.14. The zero-order valence-corrected chi connectivity index (χ0v) is 11.9. The van der Waals surface area contributed by atoms with Gasteiger partial charge in [0.15, 0.2) is 0 Å². The summed E-state index contributed by atoms with van der Waals surface area (Å²) in [5.41, 5.74) is 8.86. The van der Waals surface area contributed by atoms with Crippen LogP contribution in [0.1, 0.15) is 17.0 Å². The van der Waals surface area contributed by atoms with Crippen LogP contribution in [0.3, 0.4) is 0 Å². The van der Waals surface area contributed by atoms with E-state index >= 15 is 0 Å². The normalized spacial score (nSPS) is 16.1. The van der Waals surface area contributed by atoms with Crippen molar-refractivity contribution in [3.8, 4) is 11.5 Å². The summed E-state index contributed by atoms with van der Waals surface area (Å²) in [7, 11) is 0. The van der Waals surface area contributed by atoms with Crippen molar-refractivity contribution >= 4 is 5.69 Å². The number of fused-ring (bicyclic) bond motifs is 1. The van der Waals surface area contributed by atoms with Crippen molar-refractivity contribution in [2.45, 2.75) is 12.3 Å². The molecule has 0 saturated carbocycles. The van der Waals surface area contributed by atoms with Gasteiger partial charge in [0, 0.05) is 11.3 Å². The van der Waals surface area contributed by atoms with Gasteiger partial charge in [0.05, 0.1) is 19.1 Å². The Bertz CT molecular complexity index is 651. The molecule has 0 spiro atoms. The zero-order chi connectivity index (χ0) is 14.7. The molecule has 2 aromatic carbocycles. The summed E-state index contributed by atoms with van der Waals surface area (Å²) in [5, 5.41) is 0. The molecule has 0 aromatic heterocycles.